The molecule has 1 aromatic carbocycles. The van der Waals surface area contributed by atoms with Crippen LogP contribution in [0, 0.1) is 0 Å². The standard InChI is InChI=1S/C10H5Cl2NO/c11-9-4-3-6-1-2-7(10(12)14)5-8(6)13-9/h1-5H. The van der Waals surface area contributed by atoms with E-state index in [1.165, 1.54) is 0 Å². The molecule has 0 spiro atoms. The maximum Gasteiger partial charge on any atom is 0.252 e. The highest BCUT2D eigenvalue weighted by atomic mass is 35.5. The fraction of sp³-hybridized carbons (Fsp3) is 0. The van der Waals surface area contributed by atoms with Gasteiger partial charge in [-0.2, -0.15) is 0 Å². The fourth-order valence-electron chi connectivity index (χ4n) is 1.21. The molecule has 0 aliphatic rings. The number of benzene rings is 1. The average Bonchev–Trinajstić information content (AvgIpc) is 2.16. The van der Waals surface area contributed by atoms with Crippen LogP contribution < -0.4 is 0 Å². The summed E-state index contributed by atoms with van der Waals surface area (Å²) in [4.78, 5) is 15.0. The molecular formula is C10H5Cl2NO. The molecule has 0 radical (unpaired) electrons. The van der Waals surface area contributed by atoms with Crippen molar-refractivity contribution in [3.63, 3.8) is 0 Å². The third kappa shape index (κ3) is 1.72. The molecule has 0 unspecified atom stereocenters. The van der Waals surface area contributed by atoms with Crippen LogP contribution in [0.15, 0.2) is 30.3 Å². The number of halogens is 2. The van der Waals surface area contributed by atoms with Gasteiger partial charge in [-0.15, -0.1) is 0 Å². The molecule has 0 fully saturated rings. The van der Waals surface area contributed by atoms with Crippen molar-refractivity contribution in [2.45, 2.75) is 0 Å². The Kier molecular flexibility index (Phi) is 2.40. The number of nitrogens with zero attached hydrogens (tertiary/aromatic N) is 1. The number of hydrogen-bond donors (Lipinski definition) is 0. The van der Waals surface area contributed by atoms with Crippen LogP contribution in [-0.4, -0.2) is 10.2 Å². The van der Waals surface area contributed by atoms with E-state index in [4.69, 9.17) is 23.2 Å². The van der Waals surface area contributed by atoms with E-state index in [0.717, 1.165) is 5.39 Å². The van der Waals surface area contributed by atoms with Crippen LogP contribution >= 0.6 is 23.2 Å². The lowest BCUT2D eigenvalue weighted by molar-refractivity contribution is 0.108. The van der Waals surface area contributed by atoms with Gasteiger partial charge in [0.15, 0.2) is 0 Å². The molecule has 0 amide bonds. The van der Waals surface area contributed by atoms with Crippen molar-refractivity contribution in [1.29, 1.82) is 0 Å². The molecule has 0 aliphatic carbocycles. The molecule has 14 heavy (non-hydrogen) atoms. The lowest BCUT2D eigenvalue weighted by Crippen LogP contribution is -1.89. The summed E-state index contributed by atoms with van der Waals surface area (Å²) in [6.45, 7) is 0. The monoisotopic (exact) mass is 225 g/mol. The number of rotatable bonds is 1. The Balaban J connectivity index is 2.69. The van der Waals surface area contributed by atoms with Crippen LogP contribution in [0.25, 0.3) is 10.9 Å². The van der Waals surface area contributed by atoms with E-state index in [2.05, 4.69) is 4.98 Å². The van der Waals surface area contributed by atoms with Crippen molar-refractivity contribution < 1.29 is 4.79 Å². The summed E-state index contributed by atoms with van der Waals surface area (Å²) in [6.07, 6.45) is 0. The summed E-state index contributed by atoms with van der Waals surface area (Å²) in [7, 11) is 0. The normalized spacial score (nSPS) is 10.4. The Bertz CT molecular complexity index is 510. The lowest BCUT2D eigenvalue weighted by Gasteiger charge is -1.99. The van der Waals surface area contributed by atoms with Gasteiger partial charge in [-0.3, -0.25) is 4.79 Å². The lowest BCUT2D eigenvalue weighted by atomic mass is 10.1. The summed E-state index contributed by atoms with van der Waals surface area (Å²) in [5, 5.41) is 0.835. The predicted molar refractivity (Wildman–Crippen MR) is 56.9 cm³/mol. The van der Waals surface area contributed by atoms with Gasteiger partial charge in [0.25, 0.3) is 5.24 Å². The number of hydrogen-bond acceptors (Lipinski definition) is 2. The van der Waals surface area contributed by atoms with Gasteiger partial charge in [0.1, 0.15) is 5.15 Å². The second-order valence-corrected chi connectivity index (χ2v) is 3.55. The molecule has 0 aliphatic heterocycles. The van der Waals surface area contributed by atoms with Gasteiger partial charge in [0, 0.05) is 10.9 Å². The molecule has 1 heterocycles. The second kappa shape index (κ2) is 3.56. The van der Waals surface area contributed by atoms with Gasteiger partial charge < -0.3 is 0 Å². The molecule has 0 N–H and O–H groups in total. The zero-order valence-electron chi connectivity index (χ0n) is 7.00. The third-order valence-electron chi connectivity index (χ3n) is 1.89. The summed E-state index contributed by atoms with van der Waals surface area (Å²) >= 11 is 11.1. The maximum atomic E-state index is 10.9. The molecule has 1 aromatic heterocycles. The molecule has 70 valence electrons. The molecule has 0 atom stereocenters. The summed E-state index contributed by atoms with van der Waals surface area (Å²) < 4.78 is 0. The number of aromatic nitrogens is 1. The van der Waals surface area contributed by atoms with Crippen LogP contribution in [0.4, 0.5) is 0 Å². The van der Waals surface area contributed by atoms with Gasteiger partial charge in [-0.1, -0.05) is 17.7 Å². The van der Waals surface area contributed by atoms with Gasteiger partial charge >= 0.3 is 0 Å². The van der Waals surface area contributed by atoms with Gasteiger partial charge in [-0.25, -0.2) is 4.98 Å². The van der Waals surface area contributed by atoms with E-state index in [-0.39, 0.29) is 0 Å². The first-order valence-corrected chi connectivity index (χ1v) is 4.68. The van der Waals surface area contributed by atoms with E-state index in [0.29, 0.717) is 16.2 Å². The highest BCUT2D eigenvalue weighted by Gasteiger charge is 2.03. The Hall–Kier alpha value is -1.12. The Morgan fingerprint density at radius 3 is 2.64 bits per heavy atom. The van der Waals surface area contributed by atoms with Crippen LogP contribution in [-0.2, 0) is 0 Å². The smallest absolute Gasteiger partial charge is 0.252 e. The van der Waals surface area contributed by atoms with Crippen LogP contribution in [0.5, 0.6) is 0 Å². The zero-order valence-corrected chi connectivity index (χ0v) is 8.51. The van der Waals surface area contributed by atoms with Crippen molar-refractivity contribution in [1.82, 2.24) is 4.98 Å². The first kappa shape index (κ1) is 9.44. The number of fused-ring (bicyclic) bond motifs is 1. The van der Waals surface area contributed by atoms with Gasteiger partial charge in [-0.05, 0) is 35.9 Å². The van der Waals surface area contributed by atoms with E-state index in [9.17, 15) is 4.79 Å². The minimum absolute atomic E-state index is 0.400. The average molecular weight is 226 g/mol. The quantitative estimate of drug-likeness (QED) is 0.551. The van der Waals surface area contributed by atoms with Crippen molar-refractivity contribution in [3.05, 3.63) is 41.0 Å². The molecule has 2 rings (SSSR count). The number of pyridine rings is 1. The Morgan fingerprint density at radius 2 is 1.93 bits per heavy atom. The van der Waals surface area contributed by atoms with Crippen molar-refractivity contribution in [2.24, 2.45) is 0 Å². The van der Waals surface area contributed by atoms with Gasteiger partial charge in [0.2, 0.25) is 0 Å². The van der Waals surface area contributed by atoms with E-state index >= 15 is 0 Å². The zero-order chi connectivity index (χ0) is 10.1. The SMILES string of the molecule is O=C(Cl)c1ccc2ccc(Cl)nc2c1. The predicted octanol–water partition coefficient (Wildman–Crippen LogP) is 3.27. The van der Waals surface area contributed by atoms with E-state index < -0.39 is 5.24 Å². The first-order chi connectivity index (χ1) is 6.66. The second-order valence-electron chi connectivity index (χ2n) is 2.82. The summed E-state index contributed by atoms with van der Waals surface area (Å²) in [5.74, 6) is 0. The highest BCUT2D eigenvalue weighted by molar-refractivity contribution is 6.67. The summed E-state index contributed by atoms with van der Waals surface area (Å²) in [5.41, 5.74) is 1.10. The maximum absolute atomic E-state index is 10.9. The first-order valence-electron chi connectivity index (χ1n) is 3.93. The largest absolute Gasteiger partial charge is 0.276 e. The number of carbonyl (C=O) groups is 1. The molecule has 2 aromatic rings. The Labute approximate surface area is 90.5 Å². The Morgan fingerprint density at radius 1 is 1.21 bits per heavy atom. The van der Waals surface area contributed by atoms with Crippen LogP contribution in [0.2, 0.25) is 5.15 Å². The minimum atomic E-state index is -0.492. The molecular weight excluding hydrogens is 221 g/mol. The molecule has 2 nitrogen and oxygen atoms in total. The number of carbonyl (C=O) groups excluding carboxylic acids is 1. The molecule has 0 bridgehead atoms. The van der Waals surface area contributed by atoms with Gasteiger partial charge in [0.05, 0.1) is 5.52 Å². The third-order valence-corrected chi connectivity index (χ3v) is 2.31. The van der Waals surface area contributed by atoms with Crippen molar-refractivity contribution in [2.75, 3.05) is 0 Å². The van der Waals surface area contributed by atoms with Crippen molar-refractivity contribution in [3.8, 4) is 0 Å². The molecule has 0 saturated carbocycles. The minimum Gasteiger partial charge on any atom is -0.276 e. The van der Waals surface area contributed by atoms with Crippen LogP contribution in [0.3, 0.4) is 0 Å². The highest BCUT2D eigenvalue weighted by Crippen LogP contribution is 2.17. The molecule has 0 saturated heterocycles. The van der Waals surface area contributed by atoms with E-state index in [1.807, 2.05) is 6.07 Å². The molecule has 4 heteroatoms. The fourth-order valence-corrected chi connectivity index (χ4v) is 1.49. The van der Waals surface area contributed by atoms with E-state index in [1.54, 1.807) is 24.3 Å². The van der Waals surface area contributed by atoms with Crippen molar-refractivity contribution >= 4 is 39.3 Å². The topological polar surface area (TPSA) is 30.0 Å². The van der Waals surface area contributed by atoms with Crippen LogP contribution in [0.1, 0.15) is 10.4 Å². The summed E-state index contributed by atoms with van der Waals surface area (Å²) in [6, 6.07) is 8.61.